The maximum atomic E-state index is 13.3. The van der Waals surface area contributed by atoms with Crippen LogP contribution in [0.3, 0.4) is 0 Å². The summed E-state index contributed by atoms with van der Waals surface area (Å²) in [6.45, 7) is 0.518. The molecule has 3 aliphatic carbocycles. The van der Waals surface area contributed by atoms with Gasteiger partial charge in [0.2, 0.25) is 11.8 Å². The maximum Gasteiger partial charge on any atom is 0.244 e. The van der Waals surface area contributed by atoms with Gasteiger partial charge in [-0.15, -0.1) is 0 Å². The van der Waals surface area contributed by atoms with Gasteiger partial charge >= 0.3 is 0 Å². The highest BCUT2D eigenvalue weighted by Crippen LogP contribution is 2.71. The van der Waals surface area contributed by atoms with Crippen LogP contribution in [-0.4, -0.2) is 18.4 Å². The Morgan fingerprint density at radius 1 is 1.00 bits per heavy atom. The van der Waals surface area contributed by atoms with Crippen molar-refractivity contribution < 1.29 is 9.59 Å². The van der Waals surface area contributed by atoms with Crippen molar-refractivity contribution in [3.63, 3.8) is 0 Å². The molecule has 2 amide bonds. The van der Waals surface area contributed by atoms with Crippen molar-refractivity contribution in [1.29, 1.82) is 0 Å². The first kappa shape index (κ1) is 20.3. The largest absolute Gasteiger partial charge is 0.352 e. The summed E-state index contributed by atoms with van der Waals surface area (Å²) in [5, 5.41) is 6.16. The number of halogens is 1. The van der Waals surface area contributed by atoms with Crippen LogP contribution in [0.2, 0.25) is 0 Å². The van der Waals surface area contributed by atoms with Gasteiger partial charge in [-0.2, -0.15) is 0 Å². The highest BCUT2D eigenvalue weighted by molar-refractivity contribution is 9.10. The van der Waals surface area contributed by atoms with Gasteiger partial charge in [0, 0.05) is 22.8 Å². The lowest BCUT2D eigenvalue weighted by atomic mass is 9.82. The molecule has 3 aliphatic rings. The van der Waals surface area contributed by atoms with Crippen LogP contribution in [0.5, 0.6) is 0 Å². The van der Waals surface area contributed by atoms with E-state index in [0.717, 1.165) is 15.7 Å². The molecule has 2 fully saturated rings. The Morgan fingerprint density at radius 3 is 2.42 bits per heavy atom. The van der Waals surface area contributed by atoms with Crippen molar-refractivity contribution in [2.45, 2.75) is 12.8 Å². The van der Waals surface area contributed by atoms with Gasteiger partial charge < -0.3 is 10.6 Å². The molecule has 0 saturated heterocycles. The van der Waals surface area contributed by atoms with Gasteiger partial charge in [0.25, 0.3) is 0 Å². The molecule has 0 heterocycles. The zero-order valence-electron chi connectivity index (χ0n) is 17.1. The van der Waals surface area contributed by atoms with Crippen LogP contribution < -0.4 is 10.6 Å². The molecule has 4 nitrogen and oxygen atoms in total. The summed E-state index contributed by atoms with van der Waals surface area (Å²) < 4.78 is 0.981. The van der Waals surface area contributed by atoms with Crippen molar-refractivity contribution >= 4 is 39.5 Å². The Kier molecular flexibility index (Phi) is 5.30. The number of anilines is 1. The molecule has 2 saturated carbocycles. The number of rotatable bonds is 6. The molecule has 5 rings (SSSR count). The minimum Gasteiger partial charge on any atom is -0.352 e. The zero-order valence-corrected chi connectivity index (χ0v) is 18.7. The van der Waals surface area contributed by atoms with E-state index >= 15 is 0 Å². The minimum absolute atomic E-state index is 0.0597. The Balaban J connectivity index is 1.27. The van der Waals surface area contributed by atoms with Gasteiger partial charge in [0.15, 0.2) is 0 Å². The quantitative estimate of drug-likeness (QED) is 0.452. The molecule has 5 heteroatoms. The van der Waals surface area contributed by atoms with Gasteiger partial charge in [-0.3, -0.25) is 9.59 Å². The predicted octanol–water partition coefficient (Wildman–Crippen LogP) is 5.05. The fourth-order valence-corrected chi connectivity index (χ4v) is 5.84. The first-order valence-electron chi connectivity index (χ1n) is 10.8. The normalized spacial score (nSPS) is 27.0. The average Bonchev–Trinajstić information content (AvgIpc) is 3.45. The molecule has 0 unspecified atom stereocenters. The average molecular weight is 477 g/mol. The Morgan fingerprint density at radius 2 is 1.71 bits per heavy atom. The Labute approximate surface area is 190 Å². The van der Waals surface area contributed by atoms with Crippen LogP contribution >= 0.6 is 15.9 Å². The summed E-state index contributed by atoms with van der Waals surface area (Å²) in [5.41, 5.74) is 2.04. The number of hydrogen-bond acceptors (Lipinski definition) is 2. The lowest BCUT2D eigenvalue weighted by molar-refractivity contribution is -0.123. The van der Waals surface area contributed by atoms with E-state index in [0.29, 0.717) is 12.5 Å². The SMILES string of the molecule is O=C(/C=C/c1ccccc1)NC[C@H]1[C@H](C(=O)Nc2ccc(Br)cc2)[C@H]2C=C[C@H]1C21CC1. The number of amides is 2. The summed E-state index contributed by atoms with van der Waals surface area (Å²) in [6, 6.07) is 17.4. The first-order valence-corrected chi connectivity index (χ1v) is 11.6. The molecule has 2 aromatic rings. The van der Waals surface area contributed by atoms with Crippen LogP contribution in [0.1, 0.15) is 18.4 Å². The fraction of sp³-hybridized carbons (Fsp3) is 0.308. The molecule has 0 aliphatic heterocycles. The zero-order chi connectivity index (χ0) is 21.4. The topological polar surface area (TPSA) is 58.2 Å². The van der Waals surface area contributed by atoms with Crippen LogP contribution in [0, 0.1) is 29.1 Å². The molecule has 0 radical (unpaired) electrons. The third kappa shape index (κ3) is 3.87. The lowest BCUT2D eigenvalue weighted by Crippen LogP contribution is -2.39. The van der Waals surface area contributed by atoms with Gasteiger partial charge in [-0.25, -0.2) is 0 Å². The molecule has 158 valence electrons. The third-order valence-electron chi connectivity index (χ3n) is 7.14. The fourth-order valence-electron chi connectivity index (χ4n) is 5.58. The minimum atomic E-state index is -0.118. The summed E-state index contributed by atoms with van der Waals surface area (Å²) >= 11 is 3.43. The van der Waals surface area contributed by atoms with E-state index in [9.17, 15) is 9.59 Å². The highest BCUT2D eigenvalue weighted by Gasteiger charge is 2.68. The summed E-state index contributed by atoms with van der Waals surface area (Å²) in [7, 11) is 0. The molecule has 2 bridgehead atoms. The molecule has 4 atom stereocenters. The van der Waals surface area contributed by atoms with Crippen molar-refractivity contribution in [3.8, 4) is 0 Å². The monoisotopic (exact) mass is 476 g/mol. The van der Waals surface area contributed by atoms with Crippen molar-refractivity contribution in [1.82, 2.24) is 5.32 Å². The molecule has 2 aromatic carbocycles. The van der Waals surface area contributed by atoms with Crippen molar-refractivity contribution in [2.75, 3.05) is 11.9 Å². The van der Waals surface area contributed by atoms with Crippen molar-refractivity contribution in [2.24, 2.45) is 29.1 Å². The first-order chi connectivity index (χ1) is 15.1. The standard InChI is InChI=1S/C26H25BrN2O2/c27-18-7-9-19(10-8-18)29-25(31)24-20(21-11-12-22(24)26(21)14-15-26)16-28-23(30)13-6-17-4-2-1-3-5-17/h1-13,20-22,24H,14-16H2,(H,28,30)(H,29,31)/b13-6+/t20-,21-,22-,24+/m1/s1. The van der Waals surface area contributed by atoms with E-state index in [-0.39, 0.29) is 35.0 Å². The van der Waals surface area contributed by atoms with E-state index in [2.05, 4.69) is 38.7 Å². The van der Waals surface area contributed by atoms with E-state index < -0.39 is 0 Å². The number of benzene rings is 2. The van der Waals surface area contributed by atoms with Gasteiger partial charge in [0.1, 0.15) is 0 Å². The number of nitrogens with one attached hydrogen (secondary N) is 2. The predicted molar refractivity (Wildman–Crippen MR) is 126 cm³/mol. The number of carbonyl (C=O) groups is 2. The molecule has 1 spiro atoms. The molecule has 0 aromatic heterocycles. The Hall–Kier alpha value is -2.66. The van der Waals surface area contributed by atoms with E-state index in [1.807, 2.05) is 60.7 Å². The van der Waals surface area contributed by atoms with Crippen LogP contribution in [0.4, 0.5) is 5.69 Å². The van der Waals surface area contributed by atoms with E-state index in [1.165, 1.54) is 12.8 Å². The van der Waals surface area contributed by atoms with Crippen molar-refractivity contribution in [3.05, 3.63) is 82.9 Å². The van der Waals surface area contributed by atoms with Crippen LogP contribution in [-0.2, 0) is 9.59 Å². The van der Waals surface area contributed by atoms with E-state index in [4.69, 9.17) is 0 Å². The second-order valence-electron chi connectivity index (χ2n) is 8.84. The molecule has 31 heavy (non-hydrogen) atoms. The summed E-state index contributed by atoms with van der Waals surface area (Å²) in [4.78, 5) is 25.7. The lowest BCUT2D eigenvalue weighted by Gasteiger charge is -2.27. The summed E-state index contributed by atoms with van der Waals surface area (Å²) in [5.74, 6) is 0.602. The summed E-state index contributed by atoms with van der Waals surface area (Å²) in [6.07, 6.45) is 10.3. The Bertz CT molecular complexity index is 1040. The van der Waals surface area contributed by atoms with Crippen LogP contribution in [0.15, 0.2) is 77.3 Å². The molecule has 2 N–H and O–H groups in total. The van der Waals surface area contributed by atoms with Gasteiger partial charge in [-0.05, 0) is 71.9 Å². The third-order valence-corrected chi connectivity index (χ3v) is 7.67. The molecular formula is C26H25BrN2O2. The van der Waals surface area contributed by atoms with Gasteiger partial charge in [-0.1, -0.05) is 58.4 Å². The second-order valence-corrected chi connectivity index (χ2v) is 9.76. The number of allylic oxidation sites excluding steroid dienone is 2. The smallest absolute Gasteiger partial charge is 0.244 e. The van der Waals surface area contributed by atoms with E-state index in [1.54, 1.807) is 6.08 Å². The maximum absolute atomic E-state index is 13.3. The number of carbonyl (C=O) groups excluding carboxylic acids is 2. The molecular weight excluding hydrogens is 452 g/mol. The van der Waals surface area contributed by atoms with Gasteiger partial charge in [0.05, 0.1) is 5.92 Å². The highest BCUT2D eigenvalue weighted by atomic mass is 79.9. The number of hydrogen-bond donors (Lipinski definition) is 2. The van der Waals surface area contributed by atoms with Crippen LogP contribution in [0.25, 0.3) is 6.08 Å². The second kappa shape index (κ2) is 8.12.